The first-order valence-corrected chi connectivity index (χ1v) is 12.6. The molecule has 4 aromatic rings. The predicted molar refractivity (Wildman–Crippen MR) is 140 cm³/mol. The minimum Gasteiger partial charge on any atom is -0.324 e. The second kappa shape index (κ2) is 7.34. The summed E-state index contributed by atoms with van der Waals surface area (Å²) in [5, 5.41) is 4.09. The maximum atomic E-state index is 15.0. The van der Waals surface area contributed by atoms with Gasteiger partial charge in [0.05, 0.1) is 16.6 Å². The van der Waals surface area contributed by atoms with Gasteiger partial charge in [0, 0.05) is 34.7 Å². The van der Waals surface area contributed by atoms with E-state index in [2.05, 4.69) is 41.4 Å². The monoisotopic (exact) mass is 473 g/mol. The van der Waals surface area contributed by atoms with E-state index in [1.54, 1.807) is 0 Å². The number of likely N-dealkylation sites (tertiary alicyclic amines) is 1. The van der Waals surface area contributed by atoms with Crippen molar-refractivity contribution in [2.24, 2.45) is 5.41 Å². The molecular formula is C31H27N3O2. The van der Waals surface area contributed by atoms with Gasteiger partial charge in [0.25, 0.3) is 5.91 Å². The number of aryl methyl sites for hydroxylation is 2. The van der Waals surface area contributed by atoms with Gasteiger partial charge in [-0.05, 0) is 50.6 Å². The van der Waals surface area contributed by atoms with Crippen LogP contribution in [-0.2, 0) is 16.8 Å². The van der Waals surface area contributed by atoms with E-state index in [0.717, 1.165) is 33.4 Å². The van der Waals surface area contributed by atoms with Crippen LogP contribution < -0.4 is 5.32 Å². The Hall–Kier alpha value is -3.83. The summed E-state index contributed by atoms with van der Waals surface area (Å²) in [5.41, 5.74) is 4.33. The molecule has 3 atom stereocenters. The van der Waals surface area contributed by atoms with E-state index in [1.807, 2.05) is 61.6 Å². The highest BCUT2D eigenvalue weighted by atomic mass is 16.2. The fourth-order valence-corrected chi connectivity index (χ4v) is 7.30. The summed E-state index contributed by atoms with van der Waals surface area (Å²) in [5.74, 6) is -0.206. The molecule has 1 aromatic heterocycles. The molecule has 1 aliphatic carbocycles. The van der Waals surface area contributed by atoms with E-state index < -0.39 is 11.0 Å². The van der Waals surface area contributed by atoms with Crippen LogP contribution in [0.4, 0.5) is 5.69 Å². The zero-order valence-electron chi connectivity index (χ0n) is 20.4. The number of Topliss-reactive ketones (excluding diaryl/α,β-unsaturated/α-hetero) is 1. The number of nitrogens with zero attached hydrogens (tertiary/aromatic N) is 2. The molecule has 36 heavy (non-hydrogen) atoms. The number of amides is 1. The summed E-state index contributed by atoms with van der Waals surface area (Å²) in [7, 11) is 2.00. The number of fused-ring (bicyclic) bond motifs is 5. The number of anilines is 1. The van der Waals surface area contributed by atoms with Crippen LogP contribution in [0.3, 0.4) is 0 Å². The summed E-state index contributed by atoms with van der Waals surface area (Å²) in [4.78, 5) is 36.1. The summed E-state index contributed by atoms with van der Waals surface area (Å²) in [6, 6.07) is 26.3. The van der Waals surface area contributed by atoms with Crippen LogP contribution in [0.15, 0.2) is 78.9 Å². The van der Waals surface area contributed by atoms with Gasteiger partial charge >= 0.3 is 0 Å². The minimum atomic E-state index is -1.08. The third-order valence-corrected chi connectivity index (χ3v) is 8.85. The second-order valence-electron chi connectivity index (χ2n) is 10.5. The van der Waals surface area contributed by atoms with Crippen LogP contribution in [0.25, 0.3) is 10.9 Å². The number of nitrogens with one attached hydrogen (secondary N) is 1. The first kappa shape index (κ1) is 21.5. The number of benzene rings is 3. The number of pyridine rings is 1. The Labute approximate surface area is 210 Å². The van der Waals surface area contributed by atoms with Gasteiger partial charge in [0.2, 0.25) is 0 Å². The SMILES string of the molecule is Cc1ccc([C@H]2CN(C)[C@@]3(C(=O)Nc4ccccc43)[C@@]23CCc2nc4ccccc4cc2C3=O)cc1. The van der Waals surface area contributed by atoms with E-state index in [1.165, 1.54) is 5.56 Å². The lowest BCUT2D eigenvalue weighted by Crippen LogP contribution is -2.60. The van der Waals surface area contributed by atoms with Crippen LogP contribution in [0.1, 0.15) is 45.1 Å². The Balaban J connectivity index is 1.53. The largest absolute Gasteiger partial charge is 0.324 e. The lowest BCUT2D eigenvalue weighted by atomic mass is 9.54. The van der Waals surface area contributed by atoms with Crippen LogP contribution in [0.2, 0.25) is 0 Å². The van der Waals surface area contributed by atoms with Crippen molar-refractivity contribution in [3.8, 4) is 0 Å². The van der Waals surface area contributed by atoms with Crippen molar-refractivity contribution in [2.75, 3.05) is 18.9 Å². The first-order chi connectivity index (χ1) is 17.5. The molecule has 0 unspecified atom stereocenters. The van der Waals surface area contributed by atoms with Crippen molar-refractivity contribution in [3.05, 3.63) is 107 Å². The van der Waals surface area contributed by atoms with Gasteiger partial charge in [-0.15, -0.1) is 0 Å². The molecule has 2 aliphatic heterocycles. The Morgan fingerprint density at radius 2 is 1.72 bits per heavy atom. The number of hydrogen-bond donors (Lipinski definition) is 1. The molecule has 178 valence electrons. The van der Waals surface area contributed by atoms with Crippen LogP contribution in [-0.4, -0.2) is 35.2 Å². The fraction of sp³-hybridized carbons (Fsp3) is 0.258. The van der Waals surface area contributed by atoms with E-state index in [9.17, 15) is 9.59 Å². The number of aromatic nitrogens is 1. The molecule has 1 N–H and O–H groups in total. The topological polar surface area (TPSA) is 62.3 Å². The highest BCUT2D eigenvalue weighted by Gasteiger charge is 2.73. The van der Waals surface area contributed by atoms with Crippen LogP contribution in [0, 0.1) is 12.3 Å². The maximum Gasteiger partial charge on any atom is 0.250 e. The molecule has 0 bridgehead atoms. The van der Waals surface area contributed by atoms with Crippen molar-refractivity contribution in [3.63, 3.8) is 0 Å². The van der Waals surface area contributed by atoms with Crippen LogP contribution >= 0.6 is 0 Å². The molecule has 0 saturated carbocycles. The highest BCUT2D eigenvalue weighted by molar-refractivity contribution is 6.15. The fourth-order valence-electron chi connectivity index (χ4n) is 7.30. The smallest absolute Gasteiger partial charge is 0.250 e. The van der Waals surface area contributed by atoms with Gasteiger partial charge in [-0.1, -0.05) is 66.2 Å². The average Bonchev–Trinajstić information content (AvgIpc) is 3.34. The van der Waals surface area contributed by atoms with Crippen molar-refractivity contribution in [1.29, 1.82) is 0 Å². The minimum absolute atomic E-state index is 0.0313. The van der Waals surface area contributed by atoms with E-state index >= 15 is 0 Å². The Bertz CT molecular complexity index is 1580. The zero-order valence-corrected chi connectivity index (χ0v) is 20.4. The van der Waals surface area contributed by atoms with Gasteiger partial charge < -0.3 is 5.32 Å². The van der Waals surface area contributed by atoms with Gasteiger partial charge in [-0.2, -0.15) is 0 Å². The Morgan fingerprint density at radius 3 is 2.56 bits per heavy atom. The standard InChI is InChI=1S/C31H27N3O2/c1-19-11-13-20(14-12-19)24-18-34(2)31(23-8-4-6-10-27(23)33-29(31)36)30(24)16-15-26-22(28(30)35)17-21-7-3-5-9-25(21)32-26/h3-14,17,24H,15-16,18H2,1-2H3,(H,33,36)/t24-,30+,31+/m1/s1. The van der Waals surface area contributed by atoms with E-state index in [0.29, 0.717) is 24.9 Å². The third kappa shape index (κ3) is 2.51. The molecule has 0 radical (unpaired) electrons. The predicted octanol–water partition coefficient (Wildman–Crippen LogP) is 5.24. The molecule has 5 heteroatoms. The summed E-state index contributed by atoms with van der Waals surface area (Å²) < 4.78 is 0. The second-order valence-corrected chi connectivity index (χ2v) is 10.5. The highest BCUT2D eigenvalue weighted by Crippen LogP contribution is 2.66. The summed E-state index contributed by atoms with van der Waals surface area (Å²) >= 11 is 0. The van der Waals surface area contributed by atoms with Gasteiger partial charge in [0.15, 0.2) is 5.78 Å². The molecule has 3 heterocycles. The van der Waals surface area contributed by atoms with Gasteiger partial charge in [-0.3, -0.25) is 19.5 Å². The number of hydrogen-bond acceptors (Lipinski definition) is 4. The Morgan fingerprint density at radius 1 is 0.972 bits per heavy atom. The molecule has 1 fully saturated rings. The van der Waals surface area contributed by atoms with Crippen molar-refractivity contribution >= 4 is 28.3 Å². The molecule has 7 rings (SSSR count). The number of carbonyl (C=O) groups excluding carboxylic acids is 2. The number of ketones is 1. The first-order valence-electron chi connectivity index (χ1n) is 12.6. The van der Waals surface area contributed by atoms with Gasteiger partial charge in [-0.25, -0.2) is 0 Å². The Kier molecular flexibility index (Phi) is 4.37. The van der Waals surface area contributed by atoms with Crippen molar-refractivity contribution in [1.82, 2.24) is 9.88 Å². The molecule has 3 aliphatic rings. The number of carbonyl (C=O) groups is 2. The lowest BCUT2D eigenvalue weighted by Gasteiger charge is -2.48. The molecule has 5 nitrogen and oxygen atoms in total. The van der Waals surface area contributed by atoms with Crippen LogP contribution in [0.5, 0.6) is 0 Å². The van der Waals surface area contributed by atoms with Crippen molar-refractivity contribution < 1.29 is 9.59 Å². The summed E-state index contributed by atoms with van der Waals surface area (Å²) in [6.45, 7) is 2.69. The van der Waals surface area contributed by atoms with Gasteiger partial charge in [0.1, 0.15) is 5.54 Å². The lowest BCUT2D eigenvalue weighted by molar-refractivity contribution is -0.130. The molecule has 2 spiro atoms. The molecule has 1 saturated heterocycles. The number of rotatable bonds is 1. The number of para-hydroxylation sites is 2. The molecular weight excluding hydrogens is 446 g/mol. The summed E-state index contributed by atoms with van der Waals surface area (Å²) in [6.07, 6.45) is 1.22. The zero-order chi connectivity index (χ0) is 24.7. The van der Waals surface area contributed by atoms with Crippen molar-refractivity contribution in [2.45, 2.75) is 31.2 Å². The molecule has 1 amide bonds. The number of likely N-dealkylation sites (N-methyl/N-ethyl adjacent to an activating group) is 1. The molecule has 3 aromatic carbocycles. The third-order valence-electron chi connectivity index (χ3n) is 8.85. The normalized spacial score (nSPS) is 27.0. The maximum absolute atomic E-state index is 15.0. The van der Waals surface area contributed by atoms with E-state index in [-0.39, 0.29) is 17.6 Å². The van der Waals surface area contributed by atoms with E-state index in [4.69, 9.17) is 4.98 Å². The quantitative estimate of drug-likeness (QED) is 0.411. The average molecular weight is 474 g/mol.